The van der Waals surface area contributed by atoms with Crippen LogP contribution in [0, 0.1) is 6.92 Å². The summed E-state index contributed by atoms with van der Waals surface area (Å²) >= 11 is 1.37. The number of nitrogens with zero attached hydrogens (tertiary/aromatic N) is 4. The highest BCUT2D eigenvalue weighted by molar-refractivity contribution is 7.99. The van der Waals surface area contributed by atoms with Crippen LogP contribution in [-0.2, 0) is 22.7 Å². The summed E-state index contributed by atoms with van der Waals surface area (Å²) in [4.78, 5) is 25.8. The number of alkyl carbamates (subject to hydrolysis) is 1. The summed E-state index contributed by atoms with van der Waals surface area (Å²) in [5.74, 6) is -0.202. The van der Waals surface area contributed by atoms with Gasteiger partial charge in [-0.2, -0.15) is 0 Å². The van der Waals surface area contributed by atoms with E-state index in [2.05, 4.69) is 20.8 Å². The number of hydrogen-bond acceptors (Lipinski definition) is 7. The number of rotatable bonds is 9. The molecule has 0 radical (unpaired) electrons. The molecule has 8 nitrogen and oxygen atoms in total. The van der Waals surface area contributed by atoms with Crippen LogP contribution in [0.25, 0.3) is 0 Å². The average molecular weight is 426 g/mol. The molecule has 1 atom stereocenters. The Labute approximate surface area is 179 Å². The number of aromatic nitrogens is 4. The number of ketones is 1. The zero-order valence-corrected chi connectivity index (χ0v) is 17.6. The van der Waals surface area contributed by atoms with Crippen LogP contribution in [0.4, 0.5) is 4.79 Å². The van der Waals surface area contributed by atoms with E-state index in [0.29, 0.717) is 11.6 Å². The molecule has 0 aliphatic heterocycles. The van der Waals surface area contributed by atoms with E-state index in [0.717, 1.165) is 16.0 Å². The van der Waals surface area contributed by atoms with Crippen molar-refractivity contribution in [3.8, 4) is 0 Å². The maximum Gasteiger partial charge on any atom is 0.408 e. The third kappa shape index (κ3) is 6.15. The fourth-order valence-electron chi connectivity index (χ4n) is 2.66. The Morgan fingerprint density at radius 2 is 1.87 bits per heavy atom. The van der Waals surface area contributed by atoms with E-state index in [4.69, 9.17) is 4.74 Å². The van der Waals surface area contributed by atoms with Crippen LogP contribution in [0.5, 0.6) is 0 Å². The summed E-state index contributed by atoms with van der Waals surface area (Å²) in [6.45, 7) is 3.93. The van der Waals surface area contributed by atoms with Crippen molar-refractivity contribution in [3.63, 3.8) is 0 Å². The van der Waals surface area contributed by atoms with Crippen molar-refractivity contribution in [2.45, 2.75) is 49.5 Å². The molecule has 1 aromatic heterocycles. The number of aryl methyl sites for hydroxylation is 1. The number of carbonyl (C=O) groups excluding carboxylic acids is 2. The molecule has 1 unspecified atom stereocenters. The monoisotopic (exact) mass is 425 g/mol. The summed E-state index contributed by atoms with van der Waals surface area (Å²) in [5.41, 5.74) is 2.03. The van der Waals surface area contributed by atoms with Crippen molar-refractivity contribution in [1.29, 1.82) is 0 Å². The van der Waals surface area contributed by atoms with E-state index in [1.165, 1.54) is 16.4 Å². The Morgan fingerprint density at radius 1 is 1.13 bits per heavy atom. The highest BCUT2D eigenvalue weighted by Gasteiger charge is 2.22. The fourth-order valence-corrected chi connectivity index (χ4v) is 3.42. The van der Waals surface area contributed by atoms with Gasteiger partial charge in [-0.25, -0.2) is 9.48 Å². The molecule has 2 aromatic carbocycles. The molecule has 1 heterocycles. The van der Waals surface area contributed by atoms with Crippen LogP contribution in [0.1, 0.15) is 24.5 Å². The number of benzene rings is 2. The smallest absolute Gasteiger partial charge is 0.408 e. The minimum atomic E-state index is -0.685. The zero-order valence-electron chi connectivity index (χ0n) is 16.8. The summed E-state index contributed by atoms with van der Waals surface area (Å²) < 4.78 is 6.64. The molecule has 3 rings (SSSR count). The van der Waals surface area contributed by atoms with Crippen molar-refractivity contribution < 1.29 is 14.3 Å². The van der Waals surface area contributed by atoms with E-state index in [-0.39, 0.29) is 18.9 Å². The number of tetrazole rings is 1. The first-order chi connectivity index (χ1) is 14.5. The van der Waals surface area contributed by atoms with E-state index in [1.807, 2.05) is 68.4 Å². The molecule has 3 aromatic rings. The lowest BCUT2D eigenvalue weighted by molar-refractivity contribution is -0.122. The largest absolute Gasteiger partial charge is 0.445 e. The molecule has 1 amide bonds. The van der Waals surface area contributed by atoms with Gasteiger partial charge in [0, 0.05) is 4.90 Å². The van der Waals surface area contributed by atoms with E-state index in [9.17, 15) is 9.59 Å². The van der Waals surface area contributed by atoms with Gasteiger partial charge < -0.3 is 10.1 Å². The number of amides is 1. The number of Topliss-reactive ketones (excluding diaryl/α,β-unsaturated/α-hetero) is 1. The number of ether oxygens (including phenoxy) is 1. The molecule has 0 bridgehead atoms. The van der Waals surface area contributed by atoms with Gasteiger partial charge >= 0.3 is 6.09 Å². The molecule has 30 heavy (non-hydrogen) atoms. The highest BCUT2D eigenvalue weighted by Crippen LogP contribution is 2.25. The molecule has 156 valence electrons. The van der Waals surface area contributed by atoms with Crippen LogP contribution in [0.15, 0.2) is 64.6 Å². The molecule has 0 saturated heterocycles. The second-order valence-electron chi connectivity index (χ2n) is 6.67. The molecule has 0 aliphatic carbocycles. The van der Waals surface area contributed by atoms with Crippen LogP contribution in [0.3, 0.4) is 0 Å². The Bertz CT molecular complexity index is 976. The standard InChI is InChI=1S/C21H23N5O3S/c1-3-18(22-21(28)29-14-16-7-5-4-6-8-16)19(27)13-26-20(23-24-25-26)30-17-11-9-15(2)10-12-17/h4-12,18H,3,13-14H2,1-2H3,(H,22,28). The topological polar surface area (TPSA) is 99.0 Å². The van der Waals surface area contributed by atoms with Gasteiger partial charge in [-0.3, -0.25) is 4.79 Å². The minimum absolute atomic E-state index is 0.0430. The zero-order chi connectivity index (χ0) is 21.3. The Morgan fingerprint density at radius 3 is 2.57 bits per heavy atom. The minimum Gasteiger partial charge on any atom is -0.445 e. The Balaban J connectivity index is 1.55. The highest BCUT2D eigenvalue weighted by atomic mass is 32.2. The first-order valence-corrected chi connectivity index (χ1v) is 10.4. The Hall–Kier alpha value is -3.20. The molecular weight excluding hydrogens is 402 g/mol. The van der Waals surface area contributed by atoms with Crippen LogP contribution < -0.4 is 5.32 Å². The lowest BCUT2D eigenvalue weighted by Gasteiger charge is -2.16. The van der Waals surface area contributed by atoms with E-state index in [1.54, 1.807) is 0 Å². The van der Waals surface area contributed by atoms with Crippen molar-refractivity contribution in [1.82, 2.24) is 25.5 Å². The molecular formula is C21H23N5O3S. The fraction of sp³-hybridized carbons (Fsp3) is 0.286. The normalized spacial score (nSPS) is 11.7. The summed E-state index contributed by atoms with van der Waals surface area (Å²) in [5, 5.41) is 14.7. The third-order valence-corrected chi connectivity index (χ3v) is 5.32. The molecule has 0 spiro atoms. The molecule has 0 aliphatic rings. The van der Waals surface area contributed by atoms with Crippen LogP contribution in [0.2, 0.25) is 0 Å². The van der Waals surface area contributed by atoms with Crippen LogP contribution in [-0.4, -0.2) is 38.1 Å². The van der Waals surface area contributed by atoms with E-state index >= 15 is 0 Å². The molecule has 0 fully saturated rings. The van der Waals surface area contributed by atoms with Crippen molar-refractivity contribution in [3.05, 3.63) is 65.7 Å². The SMILES string of the molecule is CCC(NC(=O)OCc1ccccc1)C(=O)Cn1nnnc1Sc1ccc(C)cc1. The first kappa shape index (κ1) is 21.5. The predicted octanol–water partition coefficient (Wildman–Crippen LogP) is 3.41. The average Bonchev–Trinajstić information content (AvgIpc) is 3.19. The van der Waals surface area contributed by atoms with Gasteiger partial charge in [0.25, 0.3) is 0 Å². The van der Waals surface area contributed by atoms with Gasteiger partial charge in [0.2, 0.25) is 5.16 Å². The van der Waals surface area contributed by atoms with Gasteiger partial charge in [-0.1, -0.05) is 55.0 Å². The van der Waals surface area contributed by atoms with Gasteiger partial charge in [-0.15, -0.1) is 5.10 Å². The Kier molecular flexibility index (Phi) is 7.56. The number of hydrogen-bond donors (Lipinski definition) is 1. The van der Waals surface area contributed by atoms with Crippen molar-refractivity contribution in [2.75, 3.05) is 0 Å². The lowest BCUT2D eigenvalue weighted by atomic mass is 10.1. The third-order valence-electron chi connectivity index (χ3n) is 4.34. The predicted molar refractivity (Wildman–Crippen MR) is 112 cm³/mol. The molecule has 9 heteroatoms. The van der Waals surface area contributed by atoms with Gasteiger partial charge in [-0.05, 0) is 53.2 Å². The second-order valence-corrected chi connectivity index (χ2v) is 7.71. The summed E-state index contributed by atoms with van der Waals surface area (Å²) in [7, 11) is 0. The van der Waals surface area contributed by atoms with E-state index < -0.39 is 12.1 Å². The van der Waals surface area contributed by atoms with Gasteiger partial charge in [0.05, 0.1) is 6.04 Å². The number of nitrogens with one attached hydrogen (secondary N) is 1. The summed E-state index contributed by atoms with van der Waals surface area (Å²) in [6, 6.07) is 16.6. The van der Waals surface area contributed by atoms with Gasteiger partial charge in [0.1, 0.15) is 13.2 Å². The molecule has 1 N–H and O–H groups in total. The quantitative estimate of drug-likeness (QED) is 0.561. The second kappa shape index (κ2) is 10.5. The van der Waals surface area contributed by atoms with Crippen molar-refractivity contribution in [2.24, 2.45) is 0 Å². The first-order valence-electron chi connectivity index (χ1n) is 9.55. The van der Waals surface area contributed by atoms with Gasteiger partial charge in [0.15, 0.2) is 5.78 Å². The van der Waals surface area contributed by atoms with Crippen LogP contribution >= 0.6 is 11.8 Å². The lowest BCUT2D eigenvalue weighted by Crippen LogP contribution is -2.42. The maximum absolute atomic E-state index is 12.7. The van der Waals surface area contributed by atoms with Crippen molar-refractivity contribution >= 4 is 23.6 Å². The summed E-state index contributed by atoms with van der Waals surface area (Å²) in [6.07, 6.45) is -0.202. The molecule has 0 saturated carbocycles. The number of carbonyl (C=O) groups is 2. The maximum atomic E-state index is 12.7.